The summed E-state index contributed by atoms with van der Waals surface area (Å²) in [4.78, 5) is 31.1. The second-order valence-corrected chi connectivity index (χ2v) is 10.5. The van der Waals surface area contributed by atoms with Crippen LogP contribution in [0.3, 0.4) is 0 Å². The van der Waals surface area contributed by atoms with E-state index in [-0.39, 0.29) is 11.4 Å². The molecule has 4 bridgehead atoms. The molecule has 1 amide bonds. The van der Waals surface area contributed by atoms with Gasteiger partial charge in [0, 0.05) is 16.6 Å². The number of benzene rings is 1. The molecule has 1 N–H and O–H groups in total. The topological polar surface area (TPSA) is 68.3 Å². The van der Waals surface area contributed by atoms with E-state index in [0.717, 1.165) is 78.4 Å². The van der Waals surface area contributed by atoms with Crippen molar-refractivity contribution in [3.05, 3.63) is 41.1 Å². The summed E-state index contributed by atoms with van der Waals surface area (Å²) < 4.78 is 5.77. The molecule has 1 aromatic carbocycles. The number of hydrogen-bond acceptors (Lipinski definition) is 4. The van der Waals surface area contributed by atoms with Gasteiger partial charge >= 0.3 is 5.97 Å². The van der Waals surface area contributed by atoms with E-state index in [4.69, 9.17) is 9.72 Å². The van der Waals surface area contributed by atoms with Gasteiger partial charge < -0.3 is 10.1 Å². The number of amides is 1. The van der Waals surface area contributed by atoms with Crippen molar-refractivity contribution < 1.29 is 14.3 Å². The Kier molecular flexibility index (Phi) is 4.38. The van der Waals surface area contributed by atoms with Crippen molar-refractivity contribution in [2.45, 2.75) is 76.4 Å². The number of carbonyl (C=O) groups is 2. The molecule has 4 saturated carbocycles. The first kappa shape index (κ1) is 19.3. The fourth-order valence-corrected chi connectivity index (χ4v) is 7.34. The van der Waals surface area contributed by atoms with E-state index in [2.05, 4.69) is 5.32 Å². The lowest BCUT2D eigenvalue weighted by atomic mass is 9.53. The zero-order chi connectivity index (χ0) is 21.2. The van der Waals surface area contributed by atoms with Gasteiger partial charge in [0.2, 0.25) is 0 Å². The standard InChI is InChI=1S/C26H30N2O3/c1-15(24(29)28-26-12-16-9-17(13-26)11-18(10-16)14-26)31-25(30)23-19-5-2-3-7-21(19)27-22-8-4-6-20(22)23/h2-3,5,7,15-18H,4,6,8-14H2,1H3,(H,28,29)/t15-,16?,17?,18?,26?/m0/s1. The number of esters is 1. The number of ether oxygens (including phenoxy) is 1. The summed E-state index contributed by atoms with van der Waals surface area (Å²) in [6.07, 6.45) is 9.20. The third-order valence-corrected chi connectivity index (χ3v) is 8.20. The first-order valence-electron chi connectivity index (χ1n) is 11.9. The van der Waals surface area contributed by atoms with Gasteiger partial charge in [-0.2, -0.15) is 0 Å². The van der Waals surface area contributed by atoms with Crippen LogP contribution >= 0.6 is 0 Å². The van der Waals surface area contributed by atoms with Crippen LogP contribution < -0.4 is 5.32 Å². The quantitative estimate of drug-likeness (QED) is 0.750. The molecular weight excluding hydrogens is 388 g/mol. The van der Waals surface area contributed by atoms with Gasteiger partial charge in [-0.05, 0) is 94.1 Å². The largest absolute Gasteiger partial charge is 0.449 e. The Balaban J connectivity index is 1.22. The maximum Gasteiger partial charge on any atom is 0.339 e. The van der Waals surface area contributed by atoms with Crippen molar-refractivity contribution >= 4 is 22.8 Å². The summed E-state index contributed by atoms with van der Waals surface area (Å²) in [5.41, 5.74) is 3.35. The molecular formula is C26H30N2O3. The second kappa shape index (κ2) is 7.04. The Morgan fingerprint density at radius 2 is 1.74 bits per heavy atom. The average molecular weight is 419 g/mol. The normalized spacial score (nSPS) is 31.5. The number of fused-ring (bicyclic) bond motifs is 2. The fraction of sp³-hybridized carbons (Fsp3) is 0.577. The lowest BCUT2D eigenvalue weighted by molar-refractivity contribution is -0.134. The predicted octanol–water partition coefficient (Wildman–Crippen LogP) is 4.35. The first-order chi connectivity index (χ1) is 15.0. The molecule has 2 aromatic rings. The minimum absolute atomic E-state index is 0.0723. The van der Waals surface area contributed by atoms with E-state index in [0.29, 0.717) is 5.56 Å². The van der Waals surface area contributed by atoms with Gasteiger partial charge in [0.05, 0.1) is 11.1 Å². The van der Waals surface area contributed by atoms with Gasteiger partial charge in [-0.3, -0.25) is 9.78 Å². The molecule has 5 heteroatoms. The lowest BCUT2D eigenvalue weighted by Gasteiger charge is -2.57. The van der Waals surface area contributed by atoms with Crippen molar-refractivity contribution in [3.8, 4) is 0 Å². The van der Waals surface area contributed by atoms with E-state index < -0.39 is 12.1 Å². The van der Waals surface area contributed by atoms with Gasteiger partial charge in [0.15, 0.2) is 6.10 Å². The van der Waals surface area contributed by atoms with Crippen LogP contribution in [-0.2, 0) is 22.4 Å². The number of rotatable bonds is 4. The number of nitrogens with one attached hydrogen (secondary N) is 1. The molecule has 1 aromatic heterocycles. The number of nitrogens with zero attached hydrogens (tertiary/aromatic N) is 1. The van der Waals surface area contributed by atoms with Crippen LogP contribution in [0.2, 0.25) is 0 Å². The Labute approximate surface area is 182 Å². The van der Waals surface area contributed by atoms with Crippen molar-refractivity contribution in [3.63, 3.8) is 0 Å². The van der Waals surface area contributed by atoms with Crippen LogP contribution in [-0.4, -0.2) is 28.5 Å². The molecule has 31 heavy (non-hydrogen) atoms. The molecule has 0 saturated heterocycles. The molecule has 162 valence electrons. The highest BCUT2D eigenvalue weighted by Gasteiger charge is 2.51. The summed E-state index contributed by atoms with van der Waals surface area (Å²) in [5.74, 6) is 1.73. The number of pyridine rings is 1. The second-order valence-electron chi connectivity index (χ2n) is 10.5. The van der Waals surface area contributed by atoms with Crippen molar-refractivity contribution in [1.82, 2.24) is 10.3 Å². The van der Waals surface area contributed by atoms with Crippen LogP contribution in [0.4, 0.5) is 0 Å². The SMILES string of the molecule is C[C@H](OC(=O)c1c2c(nc3ccccc13)CCC2)C(=O)NC12CC3CC(CC(C3)C1)C2. The summed E-state index contributed by atoms with van der Waals surface area (Å²) in [6.45, 7) is 1.71. The van der Waals surface area contributed by atoms with Gasteiger partial charge in [-0.25, -0.2) is 4.79 Å². The van der Waals surface area contributed by atoms with Crippen molar-refractivity contribution in [1.29, 1.82) is 0 Å². The Morgan fingerprint density at radius 3 is 2.45 bits per heavy atom. The van der Waals surface area contributed by atoms with Crippen molar-refractivity contribution in [2.24, 2.45) is 17.8 Å². The maximum atomic E-state index is 13.3. The molecule has 4 fully saturated rings. The van der Waals surface area contributed by atoms with E-state index >= 15 is 0 Å². The number of hydrogen-bond donors (Lipinski definition) is 1. The van der Waals surface area contributed by atoms with Gasteiger partial charge in [-0.1, -0.05) is 18.2 Å². The van der Waals surface area contributed by atoms with E-state index in [1.54, 1.807) is 6.92 Å². The van der Waals surface area contributed by atoms with Crippen LogP contribution in [0, 0.1) is 17.8 Å². The number of carbonyl (C=O) groups excluding carboxylic acids is 2. The number of aromatic nitrogens is 1. The highest BCUT2D eigenvalue weighted by molar-refractivity contribution is 6.06. The predicted molar refractivity (Wildman–Crippen MR) is 118 cm³/mol. The third-order valence-electron chi connectivity index (χ3n) is 8.20. The van der Waals surface area contributed by atoms with E-state index in [9.17, 15) is 9.59 Å². The summed E-state index contributed by atoms with van der Waals surface area (Å²) >= 11 is 0. The number of aryl methyl sites for hydroxylation is 1. The summed E-state index contributed by atoms with van der Waals surface area (Å²) in [6, 6.07) is 7.73. The van der Waals surface area contributed by atoms with Crippen molar-refractivity contribution in [2.75, 3.05) is 0 Å². The van der Waals surface area contributed by atoms with Crippen LogP contribution in [0.1, 0.15) is 73.5 Å². The molecule has 1 atom stereocenters. The third kappa shape index (κ3) is 3.24. The molecule has 5 aliphatic rings. The van der Waals surface area contributed by atoms with E-state index in [1.165, 1.54) is 19.3 Å². The number of para-hydroxylation sites is 1. The lowest BCUT2D eigenvalue weighted by Crippen LogP contribution is -2.61. The zero-order valence-corrected chi connectivity index (χ0v) is 18.2. The van der Waals surface area contributed by atoms with Gasteiger partial charge in [-0.15, -0.1) is 0 Å². The van der Waals surface area contributed by atoms with E-state index in [1.807, 2.05) is 24.3 Å². The summed E-state index contributed by atoms with van der Waals surface area (Å²) in [7, 11) is 0. The molecule has 0 unspecified atom stereocenters. The molecule has 5 nitrogen and oxygen atoms in total. The Hall–Kier alpha value is -2.43. The maximum absolute atomic E-state index is 13.3. The fourth-order valence-electron chi connectivity index (χ4n) is 7.34. The van der Waals surface area contributed by atoms with Crippen LogP contribution in [0.25, 0.3) is 10.9 Å². The summed E-state index contributed by atoms with van der Waals surface area (Å²) in [5, 5.41) is 4.16. The Morgan fingerprint density at radius 1 is 1.06 bits per heavy atom. The minimum Gasteiger partial charge on any atom is -0.449 e. The Bertz CT molecular complexity index is 1040. The molecule has 0 aliphatic heterocycles. The minimum atomic E-state index is -0.801. The molecule has 1 heterocycles. The monoisotopic (exact) mass is 418 g/mol. The van der Waals surface area contributed by atoms with Crippen LogP contribution in [0.15, 0.2) is 24.3 Å². The van der Waals surface area contributed by atoms with Gasteiger partial charge in [0.1, 0.15) is 0 Å². The molecule has 0 spiro atoms. The molecule has 5 aliphatic carbocycles. The highest BCUT2D eigenvalue weighted by atomic mass is 16.5. The first-order valence-corrected chi connectivity index (χ1v) is 11.9. The average Bonchev–Trinajstić information content (AvgIpc) is 3.18. The van der Waals surface area contributed by atoms with Crippen LogP contribution in [0.5, 0.6) is 0 Å². The smallest absolute Gasteiger partial charge is 0.339 e. The highest BCUT2D eigenvalue weighted by Crippen LogP contribution is 2.55. The zero-order valence-electron chi connectivity index (χ0n) is 18.2. The van der Waals surface area contributed by atoms with Gasteiger partial charge in [0.25, 0.3) is 5.91 Å². The molecule has 7 rings (SSSR count). The molecule has 0 radical (unpaired) electrons.